The number of nitrogens with one attached hydrogen (secondary N) is 1. The van der Waals surface area contributed by atoms with E-state index in [0.29, 0.717) is 5.56 Å². The molecule has 0 aliphatic heterocycles. The molecule has 0 aliphatic carbocycles. The Labute approximate surface area is 125 Å². The summed E-state index contributed by atoms with van der Waals surface area (Å²) in [6, 6.07) is 6.12. The summed E-state index contributed by atoms with van der Waals surface area (Å²) >= 11 is 0. The van der Waals surface area contributed by atoms with E-state index < -0.39 is 18.1 Å². The summed E-state index contributed by atoms with van der Waals surface area (Å²) in [6.07, 6.45) is -0.129. The van der Waals surface area contributed by atoms with Gasteiger partial charge in [0.15, 0.2) is 0 Å². The molecule has 2 atom stereocenters. The van der Waals surface area contributed by atoms with E-state index in [2.05, 4.69) is 5.32 Å². The monoisotopic (exact) mass is 292 g/mol. The molecule has 0 aliphatic rings. The van der Waals surface area contributed by atoms with Gasteiger partial charge >= 0.3 is 5.97 Å². The molecule has 0 saturated carbocycles. The number of amides is 1. The van der Waals surface area contributed by atoms with E-state index in [1.54, 1.807) is 0 Å². The van der Waals surface area contributed by atoms with Crippen molar-refractivity contribution in [3.63, 3.8) is 0 Å². The van der Waals surface area contributed by atoms with Crippen LogP contribution in [-0.4, -0.2) is 23.0 Å². The number of nitrogens with two attached hydrogens (primary N) is 1. The van der Waals surface area contributed by atoms with Crippen molar-refractivity contribution in [3.05, 3.63) is 35.4 Å². The average Bonchev–Trinajstić information content (AvgIpc) is 2.36. The van der Waals surface area contributed by atoms with E-state index in [1.165, 1.54) is 0 Å². The van der Waals surface area contributed by atoms with Gasteiger partial charge in [0, 0.05) is 6.04 Å². The van der Waals surface area contributed by atoms with Gasteiger partial charge in [-0.3, -0.25) is 9.59 Å². The van der Waals surface area contributed by atoms with Gasteiger partial charge in [0.1, 0.15) is 6.04 Å². The molecule has 4 N–H and O–H groups in total. The molecule has 0 heterocycles. The van der Waals surface area contributed by atoms with Gasteiger partial charge in [-0.25, -0.2) is 0 Å². The van der Waals surface area contributed by atoms with E-state index in [9.17, 15) is 9.59 Å². The predicted molar refractivity (Wildman–Crippen MR) is 81.7 cm³/mol. The summed E-state index contributed by atoms with van der Waals surface area (Å²) in [5, 5.41) is 11.7. The SMILES string of the molecule is Cc1ccc(C(N)C(=O)NC(CC(=O)O)C(C)(C)C)cc1. The first kappa shape index (κ1) is 17.2. The first-order valence-corrected chi connectivity index (χ1v) is 6.95. The first-order chi connectivity index (χ1) is 9.61. The van der Waals surface area contributed by atoms with Gasteiger partial charge < -0.3 is 16.2 Å². The Balaban J connectivity index is 2.81. The van der Waals surface area contributed by atoms with Crippen LogP contribution in [0.3, 0.4) is 0 Å². The standard InChI is InChI=1S/C16H24N2O3/c1-10-5-7-11(8-6-10)14(17)15(21)18-12(9-13(19)20)16(2,3)4/h5-8,12,14H,9,17H2,1-4H3,(H,18,21)(H,19,20). The van der Waals surface area contributed by atoms with E-state index in [4.69, 9.17) is 10.8 Å². The highest BCUT2D eigenvalue weighted by atomic mass is 16.4. The van der Waals surface area contributed by atoms with Crippen molar-refractivity contribution < 1.29 is 14.7 Å². The van der Waals surface area contributed by atoms with E-state index in [1.807, 2.05) is 52.0 Å². The molecule has 0 aromatic heterocycles. The molecule has 5 heteroatoms. The molecule has 0 fully saturated rings. The van der Waals surface area contributed by atoms with Crippen LogP contribution in [0.1, 0.15) is 44.4 Å². The lowest BCUT2D eigenvalue weighted by atomic mass is 9.84. The van der Waals surface area contributed by atoms with Crippen LogP contribution >= 0.6 is 0 Å². The highest BCUT2D eigenvalue weighted by Crippen LogP contribution is 2.23. The number of aryl methyl sites for hydroxylation is 1. The second-order valence-electron chi connectivity index (χ2n) is 6.41. The minimum absolute atomic E-state index is 0.129. The van der Waals surface area contributed by atoms with E-state index in [0.717, 1.165) is 5.56 Å². The molecule has 5 nitrogen and oxygen atoms in total. The second kappa shape index (κ2) is 6.72. The van der Waals surface area contributed by atoms with Crippen LogP contribution < -0.4 is 11.1 Å². The topological polar surface area (TPSA) is 92.4 Å². The zero-order valence-electron chi connectivity index (χ0n) is 13.0. The van der Waals surface area contributed by atoms with Gasteiger partial charge in [0.25, 0.3) is 0 Å². The molecule has 116 valence electrons. The minimum Gasteiger partial charge on any atom is -0.481 e. The fraction of sp³-hybridized carbons (Fsp3) is 0.500. The average molecular weight is 292 g/mol. The van der Waals surface area contributed by atoms with Crippen molar-refractivity contribution in [1.82, 2.24) is 5.32 Å². The first-order valence-electron chi connectivity index (χ1n) is 6.95. The van der Waals surface area contributed by atoms with Crippen LogP contribution in [0.25, 0.3) is 0 Å². The fourth-order valence-electron chi connectivity index (χ4n) is 1.94. The molecule has 0 spiro atoms. The molecular formula is C16H24N2O3. The number of aliphatic carboxylic acids is 1. The second-order valence-corrected chi connectivity index (χ2v) is 6.41. The molecule has 0 saturated heterocycles. The summed E-state index contributed by atoms with van der Waals surface area (Å²) in [5.41, 5.74) is 7.39. The number of carboxylic acids is 1. The minimum atomic E-state index is -0.945. The number of rotatable bonds is 5. The van der Waals surface area contributed by atoms with Crippen LogP contribution in [0.5, 0.6) is 0 Å². The number of hydrogen-bond donors (Lipinski definition) is 3. The normalized spacial score (nSPS) is 14.3. The Bertz CT molecular complexity index is 503. The van der Waals surface area contributed by atoms with Gasteiger partial charge in [-0.1, -0.05) is 50.6 Å². The largest absolute Gasteiger partial charge is 0.481 e. The summed E-state index contributed by atoms with van der Waals surface area (Å²) in [5.74, 6) is -1.31. The van der Waals surface area contributed by atoms with Crippen LogP contribution in [0, 0.1) is 12.3 Å². The van der Waals surface area contributed by atoms with Crippen molar-refractivity contribution in [1.29, 1.82) is 0 Å². The molecule has 2 unspecified atom stereocenters. The van der Waals surface area contributed by atoms with Crippen molar-refractivity contribution in [2.24, 2.45) is 11.1 Å². The lowest BCUT2D eigenvalue weighted by molar-refractivity contribution is -0.138. The van der Waals surface area contributed by atoms with Crippen LogP contribution in [-0.2, 0) is 9.59 Å². The summed E-state index contributed by atoms with van der Waals surface area (Å²) in [7, 11) is 0. The molecule has 1 aromatic carbocycles. The smallest absolute Gasteiger partial charge is 0.305 e. The summed E-state index contributed by atoms with van der Waals surface area (Å²) in [6.45, 7) is 7.62. The lowest BCUT2D eigenvalue weighted by Gasteiger charge is -2.31. The Kier molecular flexibility index (Phi) is 5.49. The molecule has 21 heavy (non-hydrogen) atoms. The zero-order chi connectivity index (χ0) is 16.2. The van der Waals surface area contributed by atoms with Crippen LogP contribution in [0.4, 0.5) is 0 Å². The number of benzene rings is 1. The van der Waals surface area contributed by atoms with Gasteiger partial charge in [-0.15, -0.1) is 0 Å². The predicted octanol–water partition coefficient (Wildman–Crippen LogP) is 2.00. The number of carboxylic acid groups (broad SMARTS) is 1. The Morgan fingerprint density at radius 1 is 1.24 bits per heavy atom. The van der Waals surface area contributed by atoms with E-state index >= 15 is 0 Å². The van der Waals surface area contributed by atoms with Crippen molar-refractivity contribution in [3.8, 4) is 0 Å². The van der Waals surface area contributed by atoms with Gasteiger partial charge in [-0.05, 0) is 17.9 Å². The Morgan fingerprint density at radius 2 is 1.76 bits per heavy atom. The summed E-state index contributed by atoms with van der Waals surface area (Å²) in [4.78, 5) is 23.2. The van der Waals surface area contributed by atoms with Crippen LogP contribution in [0.15, 0.2) is 24.3 Å². The van der Waals surface area contributed by atoms with Crippen molar-refractivity contribution in [2.45, 2.75) is 46.2 Å². The molecule has 0 bridgehead atoms. The molecule has 1 aromatic rings. The van der Waals surface area contributed by atoms with Gasteiger partial charge in [-0.2, -0.15) is 0 Å². The molecule has 1 amide bonds. The number of hydrogen-bond acceptors (Lipinski definition) is 3. The number of carbonyl (C=O) groups excluding carboxylic acids is 1. The quantitative estimate of drug-likeness (QED) is 0.774. The zero-order valence-corrected chi connectivity index (χ0v) is 13.0. The third-order valence-corrected chi connectivity index (χ3v) is 3.46. The van der Waals surface area contributed by atoms with Crippen molar-refractivity contribution >= 4 is 11.9 Å². The third kappa shape index (κ3) is 5.19. The number of carbonyl (C=O) groups is 2. The lowest BCUT2D eigenvalue weighted by Crippen LogP contribution is -2.48. The Morgan fingerprint density at radius 3 is 2.19 bits per heavy atom. The maximum Gasteiger partial charge on any atom is 0.305 e. The van der Waals surface area contributed by atoms with E-state index in [-0.39, 0.29) is 17.7 Å². The molecule has 0 radical (unpaired) electrons. The fourth-order valence-corrected chi connectivity index (χ4v) is 1.94. The highest BCUT2D eigenvalue weighted by Gasteiger charge is 2.30. The third-order valence-electron chi connectivity index (χ3n) is 3.46. The highest BCUT2D eigenvalue weighted by molar-refractivity contribution is 5.83. The van der Waals surface area contributed by atoms with Gasteiger partial charge in [0.05, 0.1) is 6.42 Å². The van der Waals surface area contributed by atoms with Gasteiger partial charge in [0.2, 0.25) is 5.91 Å². The van der Waals surface area contributed by atoms with Crippen LogP contribution in [0.2, 0.25) is 0 Å². The maximum atomic E-state index is 12.2. The van der Waals surface area contributed by atoms with Crippen molar-refractivity contribution in [2.75, 3.05) is 0 Å². The molecular weight excluding hydrogens is 268 g/mol. The summed E-state index contributed by atoms with van der Waals surface area (Å²) < 4.78 is 0. The Hall–Kier alpha value is -1.88. The maximum absolute atomic E-state index is 12.2. The molecule has 1 rings (SSSR count).